The molecule has 0 bridgehead atoms. The zero-order chi connectivity index (χ0) is 24.9. The molecule has 5 atom stereocenters. The fourth-order valence-corrected chi connectivity index (χ4v) is 4.30. The molecule has 1 aliphatic heterocycles. The van der Waals surface area contributed by atoms with Gasteiger partial charge in [-0.15, -0.1) is 0 Å². The molecule has 1 fully saturated rings. The van der Waals surface area contributed by atoms with Crippen molar-refractivity contribution in [3.63, 3.8) is 0 Å². The van der Waals surface area contributed by atoms with E-state index in [0.717, 1.165) is 11.1 Å². The average molecular weight is 517 g/mol. The number of rotatable bonds is 10. The number of benzene rings is 2. The summed E-state index contributed by atoms with van der Waals surface area (Å²) in [4.78, 5) is 0. The zero-order valence-corrected chi connectivity index (χ0v) is 19.8. The van der Waals surface area contributed by atoms with Gasteiger partial charge in [0.2, 0.25) is 0 Å². The summed E-state index contributed by atoms with van der Waals surface area (Å²) in [6, 6.07) is 12.4. The first-order valence-electron chi connectivity index (χ1n) is 10.7. The third-order valence-corrected chi connectivity index (χ3v) is 6.48. The molecule has 0 radical (unpaired) electrons. The van der Waals surface area contributed by atoms with Crippen LogP contribution in [0.5, 0.6) is 5.75 Å². The normalized spacial score (nSPS) is 25.3. The van der Waals surface area contributed by atoms with E-state index < -0.39 is 47.3 Å². The second kappa shape index (κ2) is 11.8. The molecule has 34 heavy (non-hydrogen) atoms. The molecule has 2 aromatic carbocycles. The Morgan fingerprint density at radius 3 is 2.41 bits per heavy atom. The van der Waals surface area contributed by atoms with Crippen LogP contribution < -0.4 is 14.6 Å². The maximum absolute atomic E-state index is 10.8. The lowest BCUT2D eigenvalue weighted by Crippen LogP contribution is -2.55. The summed E-state index contributed by atoms with van der Waals surface area (Å²) in [6.45, 7) is -0.00597. The van der Waals surface area contributed by atoms with Gasteiger partial charge >= 0.3 is 0 Å². The standard InChI is InChI=1S/C22H29ClN2O8S/c23-17-7-4-14(22-21(29)20(28)19(27)18(12-26)33-22)11-15(17)10-13-2-5-16(6-3-13)32-9-1-8-25-34(24,30)31/h2-7,11,18-22,25-29H,1,8-10,12H2,(H2,24,30,31)/t18-,19-,20+,21-,22+/m1/s1. The first-order valence-corrected chi connectivity index (χ1v) is 12.6. The third kappa shape index (κ3) is 7.11. The van der Waals surface area contributed by atoms with E-state index in [1.807, 2.05) is 12.1 Å². The Hall–Kier alpha value is -1.80. The van der Waals surface area contributed by atoms with Crippen molar-refractivity contribution in [2.24, 2.45) is 5.14 Å². The smallest absolute Gasteiger partial charge is 0.274 e. The summed E-state index contributed by atoms with van der Waals surface area (Å²) in [5.74, 6) is 0.625. The van der Waals surface area contributed by atoms with Crippen LogP contribution in [0.25, 0.3) is 0 Å². The number of ether oxygens (including phenoxy) is 2. The molecule has 1 aliphatic rings. The molecule has 0 saturated carbocycles. The molecule has 3 rings (SSSR count). The predicted octanol–water partition coefficient (Wildman–Crippen LogP) is 0.00770. The SMILES string of the molecule is NS(=O)(=O)NCCCOc1ccc(Cc2cc([C@@H]3O[C@H](CO)[C@@H](O)[C@H](O)[C@H]3O)ccc2Cl)cc1. The second-order valence-corrected chi connectivity index (χ2v) is 9.85. The van der Waals surface area contributed by atoms with Crippen LogP contribution in [0.4, 0.5) is 0 Å². The molecule has 0 aromatic heterocycles. The van der Waals surface area contributed by atoms with Crippen molar-refractivity contribution < 1.29 is 38.3 Å². The molecule has 188 valence electrons. The maximum atomic E-state index is 10.8. The summed E-state index contributed by atoms with van der Waals surface area (Å²) >= 11 is 6.38. The van der Waals surface area contributed by atoms with Crippen LogP contribution >= 0.6 is 11.6 Å². The van der Waals surface area contributed by atoms with Gasteiger partial charge in [0.15, 0.2) is 0 Å². The van der Waals surface area contributed by atoms with Gasteiger partial charge in [0.25, 0.3) is 10.2 Å². The van der Waals surface area contributed by atoms with Crippen LogP contribution in [-0.2, 0) is 21.4 Å². The van der Waals surface area contributed by atoms with Crippen LogP contribution in [0.3, 0.4) is 0 Å². The lowest BCUT2D eigenvalue weighted by Gasteiger charge is -2.40. The predicted molar refractivity (Wildman–Crippen MR) is 125 cm³/mol. The molecular formula is C22H29ClN2O8S. The highest BCUT2D eigenvalue weighted by Gasteiger charge is 2.44. The van der Waals surface area contributed by atoms with Crippen LogP contribution in [-0.4, -0.2) is 73.0 Å². The van der Waals surface area contributed by atoms with E-state index in [1.165, 1.54) is 0 Å². The topological polar surface area (TPSA) is 172 Å². The van der Waals surface area contributed by atoms with Crippen LogP contribution in [0.2, 0.25) is 5.02 Å². The van der Waals surface area contributed by atoms with Gasteiger partial charge in [0.05, 0.1) is 13.2 Å². The third-order valence-electron chi connectivity index (χ3n) is 5.50. The van der Waals surface area contributed by atoms with Crippen molar-refractivity contribution in [3.05, 3.63) is 64.2 Å². The largest absolute Gasteiger partial charge is 0.494 e. The molecule has 1 heterocycles. The molecule has 2 aromatic rings. The number of aliphatic hydroxyl groups excluding tert-OH is 4. The second-order valence-electron chi connectivity index (χ2n) is 8.06. The molecule has 0 amide bonds. The van der Waals surface area contributed by atoms with Crippen molar-refractivity contribution in [1.29, 1.82) is 0 Å². The molecular weight excluding hydrogens is 488 g/mol. The molecule has 1 saturated heterocycles. The van der Waals surface area contributed by atoms with E-state index in [9.17, 15) is 28.8 Å². The Kier molecular flexibility index (Phi) is 9.27. The van der Waals surface area contributed by atoms with Crippen molar-refractivity contribution >= 4 is 21.8 Å². The van der Waals surface area contributed by atoms with Gasteiger partial charge in [-0.3, -0.25) is 0 Å². The van der Waals surface area contributed by atoms with Crippen LogP contribution in [0.15, 0.2) is 42.5 Å². The van der Waals surface area contributed by atoms with Crippen molar-refractivity contribution in [3.8, 4) is 5.75 Å². The Morgan fingerprint density at radius 2 is 1.76 bits per heavy atom. The number of halogens is 1. The molecule has 0 unspecified atom stereocenters. The van der Waals surface area contributed by atoms with Gasteiger partial charge in [-0.1, -0.05) is 35.9 Å². The maximum Gasteiger partial charge on any atom is 0.274 e. The van der Waals surface area contributed by atoms with Gasteiger partial charge in [-0.25, -0.2) is 9.86 Å². The molecule has 0 spiro atoms. The summed E-state index contributed by atoms with van der Waals surface area (Å²) in [7, 11) is -3.70. The minimum Gasteiger partial charge on any atom is -0.494 e. The first kappa shape index (κ1) is 26.8. The van der Waals surface area contributed by atoms with E-state index in [0.29, 0.717) is 35.8 Å². The lowest BCUT2D eigenvalue weighted by molar-refractivity contribution is -0.231. The fourth-order valence-electron chi connectivity index (χ4n) is 3.68. The monoisotopic (exact) mass is 516 g/mol. The van der Waals surface area contributed by atoms with E-state index in [-0.39, 0.29) is 6.54 Å². The van der Waals surface area contributed by atoms with Gasteiger partial charge in [-0.05, 0) is 47.7 Å². The number of aliphatic hydroxyl groups is 4. The number of nitrogens with two attached hydrogens (primary N) is 1. The average Bonchev–Trinajstić information content (AvgIpc) is 2.79. The van der Waals surface area contributed by atoms with Crippen LogP contribution in [0.1, 0.15) is 29.2 Å². The minimum absolute atomic E-state index is 0.181. The Bertz CT molecular complexity index is 1050. The minimum atomic E-state index is -3.70. The highest BCUT2D eigenvalue weighted by atomic mass is 35.5. The van der Waals surface area contributed by atoms with Crippen molar-refractivity contribution in [2.75, 3.05) is 19.8 Å². The highest BCUT2D eigenvalue weighted by molar-refractivity contribution is 7.87. The van der Waals surface area contributed by atoms with E-state index in [2.05, 4.69) is 4.72 Å². The molecule has 7 N–H and O–H groups in total. The summed E-state index contributed by atoms with van der Waals surface area (Å²) < 4.78 is 35.1. The number of hydrogen-bond acceptors (Lipinski definition) is 8. The van der Waals surface area contributed by atoms with Gasteiger partial charge in [0, 0.05) is 11.6 Å². The zero-order valence-electron chi connectivity index (χ0n) is 18.2. The summed E-state index contributed by atoms with van der Waals surface area (Å²) in [5.41, 5.74) is 2.26. The van der Waals surface area contributed by atoms with E-state index >= 15 is 0 Å². The molecule has 0 aliphatic carbocycles. The summed E-state index contributed by atoms with van der Waals surface area (Å²) in [5, 5.41) is 45.3. The molecule has 12 heteroatoms. The molecule has 10 nitrogen and oxygen atoms in total. The van der Waals surface area contributed by atoms with E-state index in [4.69, 9.17) is 26.2 Å². The Labute approximate surface area is 203 Å². The fraction of sp³-hybridized carbons (Fsp3) is 0.455. The first-order chi connectivity index (χ1) is 16.1. The van der Waals surface area contributed by atoms with E-state index in [1.54, 1.807) is 30.3 Å². The Morgan fingerprint density at radius 1 is 1.06 bits per heavy atom. The van der Waals surface area contributed by atoms with Crippen molar-refractivity contribution in [1.82, 2.24) is 4.72 Å². The van der Waals surface area contributed by atoms with Gasteiger partial charge < -0.3 is 29.9 Å². The van der Waals surface area contributed by atoms with Gasteiger partial charge in [-0.2, -0.15) is 8.42 Å². The Balaban J connectivity index is 1.63. The summed E-state index contributed by atoms with van der Waals surface area (Å²) in [6.07, 6.45) is -5.26. The van der Waals surface area contributed by atoms with Crippen molar-refractivity contribution in [2.45, 2.75) is 43.4 Å². The number of nitrogens with one attached hydrogen (secondary N) is 1. The highest BCUT2D eigenvalue weighted by Crippen LogP contribution is 2.34. The van der Waals surface area contributed by atoms with Gasteiger partial charge in [0.1, 0.15) is 36.3 Å². The lowest BCUT2D eigenvalue weighted by atomic mass is 9.90. The quantitative estimate of drug-likeness (QED) is 0.240. The number of hydrogen-bond donors (Lipinski definition) is 6. The van der Waals surface area contributed by atoms with Crippen LogP contribution in [0, 0.1) is 0 Å².